The molecule has 0 aliphatic heterocycles. The molecule has 0 spiro atoms. The van der Waals surface area contributed by atoms with Crippen LogP contribution in [0.2, 0.25) is 0 Å². The molecule has 0 saturated heterocycles. The van der Waals surface area contributed by atoms with Gasteiger partial charge in [-0.2, -0.15) is 5.10 Å². The van der Waals surface area contributed by atoms with Crippen molar-refractivity contribution < 1.29 is 4.79 Å². The zero-order chi connectivity index (χ0) is 15.6. The van der Waals surface area contributed by atoms with Crippen molar-refractivity contribution in [1.82, 2.24) is 9.78 Å². The van der Waals surface area contributed by atoms with Crippen LogP contribution in [0.4, 0.5) is 0 Å². The maximum Gasteiger partial charge on any atom is 0.192 e. The topological polar surface area (TPSA) is 34.9 Å². The van der Waals surface area contributed by atoms with Crippen LogP contribution in [0, 0.1) is 0 Å². The Morgan fingerprint density at radius 3 is 2.35 bits per heavy atom. The van der Waals surface area contributed by atoms with Gasteiger partial charge in [0.1, 0.15) is 0 Å². The zero-order valence-corrected chi connectivity index (χ0v) is 12.6. The molecular formula is C20H16N2O. The van der Waals surface area contributed by atoms with Gasteiger partial charge in [-0.3, -0.25) is 4.79 Å². The van der Waals surface area contributed by atoms with E-state index < -0.39 is 0 Å². The van der Waals surface area contributed by atoms with Gasteiger partial charge in [-0.15, -0.1) is 0 Å². The number of para-hydroxylation sites is 1. The summed E-state index contributed by atoms with van der Waals surface area (Å²) in [5.41, 5.74) is 4.65. The Balaban J connectivity index is 1.71. The molecule has 2 aromatic carbocycles. The second-order valence-electron chi connectivity index (χ2n) is 5.66. The van der Waals surface area contributed by atoms with E-state index >= 15 is 0 Å². The molecule has 0 fully saturated rings. The molecule has 1 aliphatic carbocycles. The van der Waals surface area contributed by atoms with Crippen molar-refractivity contribution in [2.24, 2.45) is 0 Å². The molecule has 0 saturated carbocycles. The quantitative estimate of drug-likeness (QED) is 0.668. The largest absolute Gasteiger partial charge is 0.289 e. The normalized spacial score (nSPS) is 15.7. The lowest BCUT2D eigenvalue weighted by Gasteiger charge is -2.16. The Kier molecular flexibility index (Phi) is 3.39. The van der Waals surface area contributed by atoms with Gasteiger partial charge in [-0.1, -0.05) is 48.5 Å². The Morgan fingerprint density at radius 1 is 0.913 bits per heavy atom. The highest BCUT2D eigenvalue weighted by atomic mass is 16.1. The summed E-state index contributed by atoms with van der Waals surface area (Å²) in [6.07, 6.45) is 5.27. The lowest BCUT2D eigenvalue weighted by atomic mass is 9.90. The second kappa shape index (κ2) is 5.69. The van der Waals surface area contributed by atoms with E-state index in [-0.39, 0.29) is 5.78 Å². The van der Waals surface area contributed by atoms with Gasteiger partial charge in [-0.05, 0) is 36.6 Å². The Hall–Kier alpha value is -2.94. The minimum absolute atomic E-state index is 0.0947. The smallest absolute Gasteiger partial charge is 0.192 e. The van der Waals surface area contributed by atoms with E-state index in [9.17, 15) is 4.79 Å². The predicted octanol–water partition coefficient (Wildman–Crippen LogP) is 4.08. The van der Waals surface area contributed by atoms with Crippen LogP contribution in [0.5, 0.6) is 0 Å². The molecule has 1 aliphatic rings. The molecule has 0 atom stereocenters. The van der Waals surface area contributed by atoms with Crippen LogP contribution < -0.4 is 0 Å². The van der Waals surface area contributed by atoms with E-state index in [0.29, 0.717) is 0 Å². The first kappa shape index (κ1) is 13.7. The van der Waals surface area contributed by atoms with E-state index in [0.717, 1.165) is 40.9 Å². The van der Waals surface area contributed by atoms with E-state index in [1.54, 1.807) is 6.20 Å². The van der Waals surface area contributed by atoms with Crippen LogP contribution in [0.15, 0.2) is 72.4 Å². The van der Waals surface area contributed by atoms with Gasteiger partial charge >= 0.3 is 0 Å². The number of ketones is 1. The third-order valence-electron chi connectivity index (χ3n) is 4.18. The van der Waals surface area contributed by atoms with Crippen LogP contribution >= 0.6 is 0 Å². The minimum atomic E-state index is 0.0947. The summed E-state index contributed by atoms with van der Waals surface area (Å²) in [7, 11) is 0. The molecule has 0 amide bonds. The van der Waals surface area contributed by atoms with E-state index in [1.807, 2.05) is 71.4 Å². The lowest BCUT2D eigenvalue weighted by Crippen LogP contribution is -2.15. The molecular weight excluding hydrogens is 284 g/mol. The summed E-state index contributed by atoms with van der Waals surface area (Å²) in [4.78, 5) is 12.7. The van der Waals surface area contributed by atoms with Gasteiger partial charge in [-0.25, -0.2) is 4.68 Å². The first-order valence-corrected chi connectivity index (χ1v) is 7.75. The van der Waals surface area contributed by atoms with Crippen molar-refractivity contribution >= 4 is 11.9 Å². The molecule has 1 heterocycles. The molecule has 0 unspecified atom stereocenters. The molecule has 0 N–H and O–H groups in total. The Morgan fingerprint density at radius 2 is 1.61 bits per heavy atom. The number of hydrogen-bond acceptors (Lipinski definition) is 2. The summed E-state index contributed by atoms with van der Waals surface area (Å²) >= 11 is 0. The first-order chi connectivity index (χ1) is 11.3. The maximum absolute atomic E-state index is 12.7. The van der Waals surface area contributed by atoms with E-state index in [4.69, 9.17) is 0 Å². The Bertz CT molecular complexity index is 877. The van der Waals surface area contributed by atoms with Gasteiger partial charge in [0.05, 0.1) is 23.1 Å². The van der Waals surface area contributed by atoms with Crippen molar-refractivity contribution in [1.29, 1.82) is 0 Å². The monoisotopic (exact) mass is 300 g/mol. The third kappa shape index (κ3) is 2.50. The second-order valence-corrected chi connectivity index (χ2v) is 5.66. The SMILES string of the molecule is O=C1C(=Cc2ccccc2)CCc2c1cnn2-c1ccccc1. The highest BCUT2D eigenvalue weighted by Gasteiger charge is 2.26. The van der Waals surface area contributed by atoms with E-state index in [1.165, 1.54) is 0 Å². The molecule has 1 aromatic heterocycles. The van der Waals surface area contributed by atoms with Crippen molar-refractivity contribution in [3.05, 3.63) is 89.3 Å². The highest BCUT2D eigenvalue weighted by Crippen LogP contribution is 2.28. The summed E-state index contributed by atoms with van der Waals surface area (Å²) in [5.74, 6) is 0.0947. The molecule has 3 nitrogen and oxygen atoms in total. The fourth-order valence-corrected chi connectivity index (χ4v) is 3.02. The number of fused-ring (bicyclic) bond motifs is 1. The minimum Gasteiger partial charge on any atom is -0.289 e. The molecule has 4 rings (SSSR count). The number of hydrogen-bond donors (Lipinski definition) is 0. The summed E-state index contributed by atoms with van der Waals surface area (Å²) in [6.45, 7) is 0. The van der Waals surface area contributed by atoms with E-state index in [2.05, 4.69) is 5.10 Å². The van der Waals surface area contributed by atoms with Gasteiger partial charge in [0, 0.05) is 5.57 Å². The van der Waals surface area contributed by atoms with Gasteiger partial charge in [0.15, 0.2) is 5.78 Å². The summed E-state index contributed by atoms with van der Waals surface area (Å²) in [5, 5.41) is 4.43. The van der Waals surface area contributed by atoms with Crippen molar-refractivity contribution in [2.45, 2.75) is 12.8 Å². The Labute approximate surface area is 134 Å². The van der Waals surface area contributed by atoms with Crippen LogP contribution in [0.1, 0.15) is 28.0 Å². The van der Waals surface area contributed by atoms with Crippen LogP contribution in [0.3, 0.4) is 0 Å². The van der Waals surface area contributed by atoms with Crippen molar-refractivity contribution in [3.8, 4) is 5.69 Å². The number of aromatic nitrogens is 2. The van der Waals surface area contributed by atoms with Crippen molar-refractivity contribution in [2.75, 3.05) is 0 Å². The molecule has 23 heavy (non-hydrogen) atoms. The lowest BCUT2D eigenvalue weighted by molar-refractivity contribution is 0.102. The number of nitrogens with zero attached hydrogens (tertiary/aromatic N) is 2. The van der Waals surface area contributed by atoms with Crippen molar-refractivity contribution in [3.63, 3.8) is 0 Å². The molecule has 112 valence electrons. The molecule has 3 aromatic rings. The maximum atomic E-state index is 12.7. The van der Waals surface area contributed by atoms with Crippen LogP contribution in [-0.4, -0.2) is 15.6 Å². The average Bonchev–Trinajstić information content (AvgIpc) is 3.04. The molecule has 3 heteroatoms. The molecule has 0 bridgehead atoms. The van der Waals surface area contributed by atoms with Gasteiger partial charge in [0.25, 0.3) is 0 Å². The number of carbonyl (C=O) groups is 1. The third-order valence-corrected chi connectivity index (χ3v) is 4.18. The fourth-order valence-electron chi connectivity index (χ4n) is 3.02. The number of carbonyl (C=O) groups excluding carboxylic acids is 1. The average molecular weight is 300 g/mol. The molecule has 0 radical (unpaired) electrons. The predicted molar refractivity (Wildman–Crippen MR) is 90.6 cm³/mol. The van der Waals surface area contributed by atoms with Gasteiger partial charge in [0.2, 0.25) is 0 Å². The van der Waals surface area contributed by atoms with Crippen LogP contribution in [0.25, 0.3) is 11.8 Å². The number of Topliss-reactive ketones (excluding diaryl/α,β-unsaturated/α-hetero) is 1. The number of rotatable bonds is 2. The fraction of sp³-hybridized carbons (Fsp3) is 0.100. The standard InChI is InChI=1S/C20H16N2O/c23-20-16(13-15-7-3-1-4-8-15)11-12-19-18(20)14-21-22(19)17-9-5-2-6-10-17/h1-10,13-14H,11-12H2. The summed E-state index contributed by atoms with van der Waals surface area (Å²) < 4.78 is 1.88. The number of allylic oxidation sites excluding steroid dienone is 1. The van der Waals surface area contributed by atoms with Crippen LogP contribution in [-0.2, 0) is 6.42 Å². The zero-order valence-electron chi connectivity index (χ0n) is 12.6. The first-order valence-electron chi connectivity index (χ1n) is 7.75. The summed E-state index contributed by atoms with van der Waals surface area (Å²) in [6, 6.07) is 19.9. The number of benzene rings is 2. The van der Waals surface area contributed by atoms with Gasteiger partial charge < -0.3 is 0 Å². The highest BCUT2D eigenvalue weighted by molar-refractivity contribution is 6.12.